The van der Waals surface area contributed by atoms with Crippen molar-refractivity contribution in [3.05, 3.63) is 5.89 Å². The molecule has 0 fully saturated rings. The lowest BCUT2D eigenvalue weighted by Crippen LogP contribution is -2.18. The van der Waals surface area contributed by atoms with E-state index in [4.69, 9.17) is 10.2 Å². The summed E-state index contributed by atoms with van der Waals surface area (Å²) in [6.07, 6.45) is 2.91. The quantitative estimate of drug-likeness (QED) is 0.753. The van der Waals surface area contributed by atoms with Crippen molar-refractivity contribution < 1.29 is 4.42 Å². The van der Waals surface area contributed by atoms with E-state index in [0.717, 1.165) is 6.42 Å². The highest BCUT2D eigenvalue weighted by Gasteiger charge is 2.19. The van der Waals surface area contributed by atoms with Crippen LogP contribution in [0.5, 0.6) is 0 Å². The minimum atomic E-state index is -0.140. The zero-order chi connectivity index (χ0) is 9.84. The van der Waals surface area contributed by atoms with Gasteiger partial charge in [-0.05, 0) is 12.2 Å². The van der Waals surface area contributed by atoms with Crippen LogP contribution in [0.1, 0.15) is 32.2 Å². The molecule has 1 unspecified atom stereocenters. The Morgan fingerprint density at radius 2 is 2.23 bits per heavy atom. The van der Waals surface area contributed by atoms with Gasteiger partial charge in [0.05, 0.1) is 6.04 Å². The van der Waals surface area contributed by atoms with Gasteiger partial charge in [-0.3, -0.25) is 0 Å². The van der Waals surface area contributed by atoms with Crippen LogP contribution in [0.25, 0.3) is 0 Å². The molecule has 1 heterocycles. The van der Waals surface area contributed by atoms with Gasteiger partial charge in [0.1, 0.15) is 0 Å². The average Bonchev–Trinajstić information content (AvgIpc) is 2.63. The Morgan fingerprint density at radius 1 is 1.54 bits per heavy atom. The summed E-state index contributed by atoms with van der Waals surface area (Å²) in [6, 6.07) is -0.140. The van der Waals surface area contributed by atoms with Gasteiger partial charge < -0.3 is 10.2 Å². The van der Waals surface area contributed by atoms with Gasteiger partial charge in [-0.25, -0.2) is 0 Å². The SMILES string of the molecule is CCC(C)[C@H](N)c1nnc(SC)o1. The molecule has 0 saturated carbocycles. The molecule has 5 heteroatoms. The van der Waals surface area contributed by atoms with Crippen LogP contribution in [-0.4, -0.2) is 16.5 Å². The molecule has 13 heavy (non-hydrogen) atoms. The Hall–Kier alpha value is -0.550. The van der Waals surface area contributed by atoms with Crippen molar-refractivity contribution in [1.82, 2.24) is 10.2 Å². The molecule has 1 aromatic heterocycles. The first-order chi connectivity index (χ1) is 6.19. The van der Waals surface area contributed by atoms with Crippen molar-refractivity contribution in [1.29, 1.82) is 0 Å². The van der Waals surface area contributed by atoms with Crippen molar-refractivity contribution in [2.45, 2.75) is 31.5 Å². The molecule has 4 nitrogen and oxygen atoms in total. The number of rotatable bonds is 4. The maximum absolute atomic E-state index is 5.91. The van der Waals surface area contributed by atoms with E-state index in [2.05, 4.69) is 24.0 Å². The molecule has 0 aliphatic carbocycles. The standard InChI is InChI=1S/C8H15N3OS/c1-4-5(2)6(9)7-10-11-8(12-7)13-3/h5-6H,4,9H2,1-3H3/t5?,6-/m0/s1. The minimum Gasteiger partial charge on any atom is -0.414 e. The summed E-state index contributed by atoms with van der Waals surface area (Å²) < 4.78 is 5.33. The molecule has 0 amide bonds. The van der Waals surface area contributed by atoms with Gasteiger partial charge in [0.25, 0.3) is 5.22 Å². The van der Waals surface area contributed by atoms with Gasteiger partial charge in [-0.1, -0.05) is 32.0 Å². The third kappa shape index (κ3) is 2.45. The van der Waals surface area contributed by atoms with Crippen LogP contribution < -0.4 is 5.73 Å². The predicted octanol–water partition coefficient (Wildman–Crippen LogP) is 1.84. The third-order valence-corrected chi connectivity index (χ3v) is 2.65. The first-order valence-corrected chi connectivity index (χ1v) is 5.54. The molecule has 0 bridgehead atoms. The molecule has 0 radical (unpaired) electrons. The molecular formula is C8H15N3OS. The molecule has 0 aromatic carbocycles. The first kappa shape index (κ1) is 10.5. The highest BCUT2D eigenvalue weighted by molar-refractivity contribution is 7.98. The molecule has 1 rings (SSSR count). The minimum absolute atomic E-state index is 0.140. The zero-order valence-corrected chi connectivity index (χ0v) is 8.97. The molecule has 2 atom stereocenters. The first-order valence-electron chi connectivity index (χ1n) is 4.32. The fourth-order valence-electron chi connectivity index (χ4n) is 0.935. The normalized spacial score (nSPS) is 15.7. The number of nitrogens with two attached hydrogens (primary N) is 1. The number of aromatic nitrogens is 2. The number of hydrogen-bond donors (Lipinski definition) is 1. The van der Waals surface area contributed by atoms with Crippen molar-refractivity contribution in [2.24, 2.45) is 11.7 Å². The number of hydrogen-bond acceptors (Lipinski definition) is 5. The van der Waals surface area contributed by atoms with Crippen molar-refractivity contribution >= 4 is 11.8 Å². The van der Waals surface area contributed by atoms with Crippen molar-refractivity contribution in [3.8, 4) is 0 Å². The Morgan fingerprint density at radius 3 is 2.69 bits per heavy atom. The van der Waals surface area contributed by atoms with Crippen molar-refractivity contribution in [3.63, 3.8) is 0 Å². The Balaban J connectivity index is 2.70. The van der Waals surface area contributed by atoms with Gasteiger partial charge in [-0.2, -0.15) is 0 Å². The second-order valence-corrected chi connectivity index (χ2v) is 3.78. The van der Waals surface area contributed by atoms with Crippen LogP contribution in [-0.2, 0) is 0 Å². The van der Waals surface area contributed by atoms with Crippen LogP contribution in [0, 0.1) is 5.92 Å². The summed E-state index contributed by atoms with van der Waals surface area (Å²) in [5, 5.41) is 8.31. The lowest BCUT2D eigenvalue weighted by atomic mass is 10.0. The van der Waals surface area contributed by atoms with E-state index in [1.165, 1.54) is 11.8 Å². The number of thioether (sulfide) groups is 1. The van der Waals surface area contributed by atoms with Crippen LogP contribution in [0.2, 0.25) is 0 Å². The van der Waals surface area contributed by atoms with Crippen LogP contribution in [0.4, 0.5) is 0 Å². The summed E-state index contributed by atoms with van der Waals surface area (Å²) >= 11 is 1.43. The van der Waals surface area contributed by atoms with Crippen LogP contribution in [0.3, 0.4) is 0 Å². The molecule has 2 N–H and O–H groups in total. The van der Waals surface area contributed by atoms with Gasteiger partial charge in [0.15, 0.2) is 0 Å². The van der Waals surface area contributed by atoms with E-state index >= 15 is 0 Å². The Kier molecular flexibility index (Phi) is 3.74. The fraction of sp³-hybridized carbons (Fsp3) is 0.750. The van der Waals surface area contributed by atoms with Crippen LogP contribution >= 0.6 is 11.8 Å². The monoisotopic (exact) mass is 201 g/mol. The van der Waals surface area contributed by atoms with E-state index in [9.17, 15) is 0 Å². The lowest BCUT2D eigenvalue weighted by molar-refractivity contribution is 0.333. The summed E-state index contributed by atoms with van der Waals surface area (Å²) in [6.45, 7) is 4.17. The van der Waals surface area contributed by atoms with E-state index in [1.807, 2.05) is 6.26 Å². The average molecular weight is 201 g/mol. The highest BCUT2D eigenvalue weighted by Crippen LogP contribution is 2.22. The molecule has 1 aromatic rings. The van der Waals surface area contributed by atoms with E-state index in [1.54, 1.807) is 0 Å². The number of nitrogens with zero attached hydrogens (tertiary/aromatic N) is 2. The summed E-state index contributed by atoms with van der Waals surface area (Å²) in [5.41, 5.74) is 5.91. The van der Waals surface area contributed by atoms with E-state index in [-0.39, 0.29) is 6.04 Å². The van der Waals surface area contributed by atoms with Gasteiger partial charge in [-0.15, -0.1) is 10.2 Å². The molecule has 0 spiro atoms. The molecule has 0 aliphatic heterocycles. The highest BCUT2D eigenvalue weighted by atomic mass is 32.2. The second kappa shape index (κ2) is 4.62. The van der Waals surface area contributed by atoms with Crippen LogP contribution in [0.15, 0.2) is 9.64 Å². The van der Waals surface area contributed by atoms with Gasteiger partial charge in [0.2, 0.25) is 5.89 Å². The summed E-state index contributed by atoms with van der Waals surface area (Å²) in [7, 11) is 0. The lowest BCUT2D eigenvalue weighted by Gasteiger charge is -2.13. The fourth-order valence-corrected chi connectivity index (χ4v) is 1.23. The van der Waals surface area contributed by atoms with E-state index in [0.29, 0.717) is 17.0 Å². The third-order valence-electron chi connectivity index (χ3n) is 2.14. The molecular weight excluding hydrogens is 186 g/mol. The molecule has 0 aliphatic rings. The predicted molar refractivity (Wildman–Crippen MR) is 52.5 cm³/mol. The largest absolute Gasteiger partial charge is 0.414 e. The van der Waals surface area contributed by atoms with Crippen molar-refractivity contribution in [2.75, 3.05) is 6.26 Å². The molecule has 74 valence electrons. The molecule has 0 saturated heterocycles. The second-order valence-electron chi connectivity index (χ2n) is 3.02. The van der Waals surface area contributed by atoms with Gasteiger partial charge >= 0.3 is 0 Å². The Labute approximate surface area is 82.3 Å². The topological polar surface area (TPSA) is 64.9 Å². The van der Waals surface area contributed by atoms with E-state index < -0.39 is 0 Å². The smallest absolute Gasteiger partial charge is 0.276 e. The zero-order valence-electron chi connectivity index (χ0n) is 8.15. The maximum Gasteiger partial charge on any atom is 0.276 e. The summed E-state index contributed by atoms with van der Waals surface area (Å²) in [4.78, 5) is 0. The maximum atomic E-state index is 5.91. The Bertz CT molecular complexity index is 264. The van der Waals surface area contributed by atoms with Gasteiger partial charge in [0, 0.05) is 0 Å². The summed E-state index contributed by atoms with van der Waals surface area (Å²) in [5.74, 6) is 0.911.